The summed E-state index contributed by atoms with van der Waals surface area (Å²) in [6.07, 6.45) is -0.703. The summed E-state index contributed by atoms with van der Waals surface area (Å²) >= 11 is 0. The first kappa shape index (κ1) is 70.1. The molecule has 0 bridgehead atoms. The number of fused-ring (bicyclic) bond motifs is 5. The fraction of sp³-hybridized carbons (Fsp3) is 0.643. The number of nitrogens with zero attached hydrogens (tertiary/aromatic N) is 2. The summed E-state index contributed by atoms with van der Waals surface area (Å²) in [5.74, 6) is -4.21. The van der Waals surface area contributed by atoms with E-state index in [0.717, 1.165) is 16.5 Å². The Kier molecular flexibility index (Phi) is 30.5. The van der Waals surface area contributed by atoms with Crippen LogP contribution in [0, 0.1) is 0 Å². The van der Waals surface area contributed by atoms with Gasteiger partial charge in [-0.2, -0.15) is 0 Å². The lowest BCUT2D eigenvalue weighted by molar-refractivity contribution is -0.194. The summed E-state index contributed by atoms with van der Waals surface area (Å²) < 4.78 is 53.8. The second-order valence-corrected chi connectivity index (χ2v) is 18.9. The van der Waals surface area contributed by atoms with Crippen LogP contribution in [0.1, 0.15) is 128 Å². The zero-order valence-corrected chi connectivity index (χ0v) is 48.3. The molecule has 8 atom stereocenters. The summed E-state index contributed by atoms with van der Waals surface area (Å²) in [4.78, 5) is 92.2. The van der Waals surface area contributed by atoms with E-state index in [0.29, 0.717) is 42.6 Å². The molecule has 2 aliphatic rings. The van der Waals surface area contributed by atoms with Gasteiger partial charge in [0.15, 0.2) is 18.9 Å². The average molecular weight is 1170 g/mol. The molecule has 5 rings (SSSR count). The van der Waals surface area contributed by atoms with E-state index in [1.807, 2.05) is 27.7 Å². The molecule has 7 N–H and O–H groups in total. The van der Waals surface area contributed by atoms with Gasteiger partial charge in [-0.05, 0) is 81.7 Å². The van der Waals surface area contributed by atoms with E-state index >= 15 is 0 Å². The van der Waals surface area contributed by atoms with Crippen LogP contribution in [-0.2, 0) is 101 Å². The topological polar surface area (TPSA) is 363 Å². The van der Waals surface area contributed by atoms with Gasteiger partial charge < -0.3 is 87.9 Å². The Morgan fingerprint density at radius 3 is 1.74 bits per heavy atom. The Morgan fingerprint density at radius 1 is 0.732 bits per heavy atom. The Bertz CT molecular complexity index is 2580. The molecule has 2 aromatic heterocycles. The summed E-state index contributed by atoms with van der Waals surface area (Å²) in [5, 5.41) is 57.5. The highest BCUT2D eigenvalue weighted by atomic mass is 16.7. The Hall–Kier alpha value is -6.20. The number of carboxylic acids is 1. The lowest BCUT2D eigenvalue weighted by Gasteiger charge is -2.36. The van der Waals surface area contributed by atoms with Gasteiger partial charge in [0.05, 0.1) is 73.8 Å². The third-order valence-electron chi connectivity index (χ3n) is 13.4. The lowest BCUT2D eigenvalue weighted by Crippen LogP contribution is -2.50. The van der Waals surface area contributed by atoms with E-state index < -0.39 is 77.9 Å². The number of phenols is 1. The van der Waals surface area contributed by atoms with E-state index in [-0.39, 0.29) is 127 Å². The van der Waals surface area contributed by atoms with Gasteiger partial charge in [-0.15, -0.1) is 0 Å². The van der Waals surface area contributed by atoms with Crippen LogP contribution in [0.4, 0.5) is 0 Å². The van der Waals surface area contributed by atoms with Crippen molar-refractivity contribution in [3.63, 3.8) is 0 Å². The summed E-state index contributed by atoms with van der Waals surface area (Å²) in [7, 11) is 4.25. The Morgan fingerprint density at radius 2 is 1.27 bits per heavy atom. The summed E-state index contributed by atoms with van der Waals surface area (Å²) in [5.41, 5.74) is 1.45. The van der Waals surface area contributed by atoms with Gasteiger partial charge in [0, 0.05) is 63.5 Å². The third kappa shape index (κ3) is 20.0. The number of amides is 1. The largest absolute Gasteiger partial charge is 0.508 e. The molecule has 26 heteroatoms. The molecule has 0 saturated carbocycles. The molecule has 2 aliphatic heterocycles. The lowest BCUT2D eigenvalue weighted by atomic mass is 9.85. The van der Waals surface area contributed by atoms with Crippen molar-refractivity contribution in [2.24, 2.45) is 0 Å². The number of phenolic OH excluding ortho intramolecular Hbond substituents is 1. The molecule has 0 aliphatic carbocycles. The van der Waals surface area contributed by atoms with Crippen molar-refractivity contribution in [2.45, 2.75) is 174 Å². The number of esters is 4. The molecule has 0 radical (unpaired) electrons. The number of aliphatic hydroxyl groups is 4. The second-order valence-electron chi connectivity index (χ2n) is 18.9. The Balaban J connectivity index is 0.000000482. The SMILES string of the molecule is CCC(CO)OC(CO)OC.CCC(CO)OC(COC(=O)CCCC(=O)O)OC.CCc1c2c(nc3ccc(O)cc13)-c1cc3c(c(=O)n1C2)COC(=O)[C@@]3(CC)OC(=O)[C@H](C)NC(=O)CCCC(=O)OCC(OC)OC(CC)CO. The molecule has 1 aromatic carbocycles. The monoisotopic (exact) mass is 1170 g/mol. The molecular weight excluding hydrogens is 1080 g/mol. The van der Waals surface area contributed by atoms with Crippen LogP contribution in [0.3, 0.4) is 0 Å². The number of carbonyl (C=O) groups excluding carboxylic acids is 5. The second kappa shape index (κ2) is 35.7. The number of ether oxygens (including phenoxy) is 10. The highest BCUT2D eigenvalue weighted by Crippen LogP contribution is 2.42. The number of carboxylic acid groups (broad SMARTS) is 1. The minimum absolute atomic E-state index is 0.0416. The molecule has 0 fully saturated rings. The highest BCUT2D eigenvalue weighted by Gasteiger charge is 2.51. The van der Waals surface area contributed by atoms with Crippen LogP contribution in [-0.4, -0.2) is 180 Å². The van der Waals surface area contributed by atoms with Gasteiger partial charge in [0.1, 0.15) is 31.6 Å². The number of cyclic esters (lactones) is 1. The van der Waals surface area contributed by atoms with E-state index in [1.54, 1.807) is 35.8 Å². The maximum absolute atomic E-state index is 14.0. The number of benzene rings is 1. The van der Waals surface area contributed by atoms with Crippen molar-refractivity contribution < 1.29 is 107 Å². The minimum Gasteiger partial charge on any atom is -0.508 e. The van der Waals surface area contributed by atoms with Crippen molar-refractivity contribution in [3.05, 3.63) is 56.9 Å². The fourth-order valence-corrected chi connectivity index (χ4v) is 8.54. The van der Waals surface area contributed by atoms with Crippen LogP contribution >= 0.6 is 0 Å². The summed E-state index contributed by atoms with van der Waals surface area (Å²) in [6.45, 7) is 9.68. The smallest absolute Gasteiger partial charge is 0.355 e. The molecule has 82 heavy (non-hydrogen) atoms. The van der Waals surface area contributed by atoms with Crippen molar-refractivity contribution in [3.8, 4) is 17.1 Å². The number of aryl methyl sites for hydroxylation is 1. The first-order valence-corrected chi connectivity index (χ1v) is 27.3. The number of aromatic nitrogens is 2. The van der Waals surface area contributed by atoms with Gasteiger partial charge in [0.25, 0.3) is 5.56 Å². The normalized spacial score (nSPS) is 16.6. The zero-order chi connectivity index (χ0) is 61.1. The predicted molar refractivity (Wildman–Crippen MR) is 291 cm³/mol. The Labute approximate surface area is 476 Å². The molecule has 6 unspecified atom stereocenters. The highest BCUT2D eigenvalue weighted by molar-refractivity contribution is 5.92. The van der Waals surface area contributed by atoms with Crippen LogP contribution < -0.4 is 10.9 Å². The number of pyridine rings is 2. The van der Waals surface area contributed by atoms with Gasteiger partial charge >= 0.3 is 29.8 Å². The molecule has 4 heterocycles. The molecular formula is C56H83N3O23. The number of nitrogens with one attached hydrogen (secondary N) is 1. The maximum Gasteiger partial charge on any atom is 0.355 e. The van der Waals surface area contributed by atoms with E-state index in [2.05, 4.69) is 5.32 Å². The average Bonchev–Trinajstić information content (AvgIpc) is 3.91. The molecule has 0 spiro atoms. The number of aliphatic carboxylic acids is 1. The zero-order valence-electron chi connectivity index (χ0n) is 48.3. The number of methoxy groups -OCH3 is 3. The van der Waals surface area contributed by atoms with Crippen LogP contribution in [0.25, 0.3) is 22.3 Å². The molecule has 3 aromatic rings. The maximum atomic E-state index is 14.0. The third-order valence-corrected chi connectivity index (χ3v) is 13.4. The van der Waals surface area contributed by atoms with Crippen LogP contribution in [0.2, 0.25) is 0 Å². The van der Waals surface area contributed by atoms with Crippen molar-refractivity contribution in [2.75, 3.05) is 61.0 Å². The predicted octanol–water partition coefficient (Wildman–Crippen LogP) is 3.16. The quantitative estimate of drug-likeness (QED) is 0.0205. The van der Waals surface area contributed by atoms with Gasteiger partial charge in [-0.25, -0.2) is 14.6 Å². The van der Waals surface area contributed by atoms with Crippen LogP contribution in [0.5, 0.6) is 5.75 Å². The van der Waals surface area contributed by atoms with Crippen molar-refractivity contribution >= 4 is 46.7 Å². The fourth-order valence-electron chi connectivity index (χ4n) is 8.54. The number of carbonyl (C=O) groups is 6. The van der Waals surface area contributed by atoms with Gasteiger partial charge in [-0.1, -0.05) is 34.6 Å². The molecule has 0 saturated heterocycles. The van der Waals surface area contributed by atoms with Gasteiger partial charge in [0.2, 0.25) is 11.5 Å². The number of hydrogen-bond donors (Lipinski definition) is 7. The first-order valence-electron chi connectivity index (χ1n) is 27.3. The summed E-state index contributed by atoms with van der Waals surface area (Å²) in [6, 6.07) is 5.37. The van der Waals surface area contributed by atoms with Gasteiger partial charge in [-0.3, -0.25) is 24.0 Å². The first-order chi connectivity index (χ1) is 39.2. The minimum atomic E-state index is -1.96. The van der Waals surface area contributed by atoms with E-state index in [1.165, 1.54) is 28.3 Å². The number of aliphatic hydroxyl groups excluding tert-OH is 4. The van der Waals surface area contributed by atoms with E-state index in [4.69, 9.17) is 72.8 Å². The standard InChI is InChI=1S/C37H45N3O12.C12H22O7.C7H16O4/c1-6-22(17-41)51-32(48-5)19-49-31(44)11-9-10-30(43)38-20(4)35(46)52-37(8-3)27-15-29-33-25(16-40(29)34(45)26(27)18-50-36(37)47)23(7-2)24-14-21(42)12-13-28(24)39-33;1-3-9(7-13)19-12(17-2)8-18-11(16)6-4-5-10(14)15;1-3-6(4-8)11-7(5-9)10-2/h12-15,20,22,32,41-42H,6-11,16-19H2,1-5H3,(H,38,43);9,12-13H,3-8H2,1-2H3,(H,14,15);6-9H,3-5H2,1-2H3/t20-,22?,32?,37-;;/m0../s1. The van der Waals surface area contributed by atoms with Crippen molar-refractivity contribution in [1.29, 1.82) is 0 Å². The molecule has 26 nitrogen and oxygen atoms in total. The van der Waals surface area contributed by atoms with Crippen LogP contribution in [0.15, 0.2) is 29.1 Å². The molecule has 460 valence electrons. The number of rotatable bonds is 33. The number of aromatic hydroxyl groups is 1. The van der Waals surface area contributed by atoms with E-state index in [9.17, 15) is 43.8 Å². The van der Waals surface area contributed by atoms with Crippen molar-refractivity contribution in [1.82, 2.24) is 14.9 Å². The number of hydrogen-bond acceptors (Lipinski definition) is 23. The molecule has 1 amide bonds.